The molecule has 1 fully saturated rings. The van der Waals surface area contributed by atoms with Crippen LogP contribution in [0.2, 0.25) is 0 Å². The zero-order valence-electron chi connectivity index (χ0n) is 17.8. The maximum atomic E-state index is 12.8. The van der Waals surface area contributed by atoms with Gasteiger partial charge in [0.25, 0.3) is 11.6 Å². The number of benzene rings is 3. The second kappa shape index (κ2) is 8.66. The number of carbonyl (C=O) groups excluding carboxylic acids is 1. The number of piperazine rings is 1. The lowest BCUT2D eigenvalue weighted by atomic mass is 10.1. The van der Waals surface area contributed by atoms with E-state index in [9.17, 15) is 14.9 Å². The molecule has 0 bridgehead atoms. The van der Waals surface area contributed by atoms with Gasteiger partial charge in [-0.15, -0.1) is 0 Å². The Kier molecular flexibility index (Phi) is 5.40. The SMILES string of the molecule is O=C(c1ccc([N+](=O)[O-])cc1)N1CCN(c2nc(-c3ccccc3)c3ccccc3n2)CC1. The molecule has 0 aliphatic carbocycles. The molecule has 3 aromatic carbocycles. The van der Waals surface area contributed by atoms with Crippen LogP contribution in [0.1, 0.15) is 10.4 Å². The number of aromatic nitrogens is 2. The van der Waals surface area contributed by atoms with Gasteiger partial charge in [-0.05, 0) is 18.2 Å². The quantitative estimate of drug-likeness (QED) is 0.350. The van der Waals surface area contributed by atoms with E-state index in [2.05, 4.69) is 4.90 Å². The first kappa shape index (κ1) is 20.6. The molecule has 8 heteroatoms. The minimum atomic E-state index is -0.472. The summed E-state index contributed by atoms with van der Waals surface area (Å²) in [5, 5.41) is 11.8. The molecule has 1 saturated heterocycles. The van der Waals surface area contributed by atoms with Crippen LogP contribution in [0.4, 0.5) is 11.6 Å². The summed E-state index contributed by atoms with van der Waals surface area (Å²) in [6.07, 6.45) is 0. The van der Waals surface area contributed by atoms with Crippen molar-refractivity contribution in [3.63, 3.8) is 0 Å². The summed E-state index contributed by atoms with van der Waals surface area (Å²) in [5.74, 6) is 0.518. The van der Waals surface area contributed by atoms with Gasteiger partial charge in [0, 0.05) is 54.8 Å². The molecule has 164 valence electrons. The standard InChI is InChI=1S/C25H21N5O3/c31-24(19-10-12-20(13-11-19)30(32)33)28-14-16-29(17-15-28)25-26-22-9-5-4-8-21(22)23(27-25)18-6-2-1-3-7-18/h1-13H,14-17H2. The molecule has 1 amide bonds. The molecule has 2 heterocycles. The predicted molar refractivity (Wildman–Crippen MR) is 126 cm³/mol. The highest BCUT2D eigenvalue weighted by Crippen LogP contribution is 2.28. The van der Waals surface area contributed by atoms with E-state index in [0.717, 1.165) is 22.2 Å². The average Bonchev–Trinajstić information content (AvgIpc) is 2.88. The number of rotatable bonds is 4. The number of nitro benzene ring substituents is 1. The molecule has 5 rings (SSSR count). The zero-order chi connectivity index (χ0) is 22.8. The van der Waals surface area contributed by atoms with Crippen LogP contribution < -0.4 is 4.90 Å². The molecule has 0 spiro atoms. The fourth-order valence-corrected chi connectivity index (χ4v) is 4.04. The second-order valence-corrected chi connectivity index (χ2v) is 7.84. The Labute approximate surface area is 190 Å². The highest BCUT2D eigenvalue weighted by atomic mass is 16.6. The number of para-hydroxylation sites is 1. The molecule has 4 aromatic rings. The topological polar surface area (TPSA) is 92.5 Å². The van der Waals surface area contributed by atoms with Crippen molar-refractivity contribution >= 4 is 28.4 Å². The molecule has 0 saturated carbocycles. The van der Waals surface area contributed by atoms with E-state index >= 15 is 0 Å². The number of anilines is 1. The Morgan fingerprint density at radius 3 is 2.18 bits per heavy atom. The van der Waals surface area contributed by atoms with E-state index < -0.39 is 4.92 Å². The number of hydrogen-bond acceptors (Lipinski definition) is 6. The lowest BCUT2D eigenvalue weighted by molar-refractivity contribution is -0.384. The summed E-state index contributed by atoms with van der Waals surface area (Å²) < 4.78 is 0. The first-order valence-corrected chi connectivity index (χ1v) is 10.7. The lowest BCUT2D eigenvalue weighted by Crippen LogP contribution is -2.49. The first-order valence-electron chi connectivity index (χ1n) is 10.7. The minimum absolute atomic E-state index is 0.0287. The van der Waals surface area contributed by atoms with Crippen molar-refractivity contribution in [2.75, 3.05) is 31.1 Å². The van der Waals surface area contributed by atoms with E-state index in [1.165, 1.54) is 24.3 Å². The molecule has 0 N–H and O–H groups in total. The van der Waals surface area contributed by atoms with Crippen LogP contribution in [-0.2, 0) is 0 Å². The van der Waals surface area contributed by atoms with Crippen LogP contribution in [0.25, 0.3) is 22.2 Å². The van der Waals surface area contributed by atoms with Gasteiger partial charge in [0.1, 0.15) is 0 Å². The average molecular weight is 439 g/mol. The molecule has 1 aliphatic rings. The van der Waals surface area contributed by atoms with E-state index in [1.54, 1.807) is 4.90 Å². The maximum absolute atomic E-state index is 12.8. The third kappa shape index (κ3) is 4.10. The third-order valence-corrected chi connectivity index (χ3v) is 5.81. The molecule has 33 heavy (non-hydrogen) atoms. The highest BCUT2D eigenvalue weighted by molar-refractivity contribution is 5.95. The van der Waals surface area contributed by atoms with Gasteiger partial charge in [0.2, 0.25) is 5.95 Å². The number of nitro groups is 1. The second-order valence-electron chi connectivity index (χ2n) is 7.84. The Bertz CT molecular complexity index is 1320. The van der Waals surface area contributed by atoms with Crippen molar-refractivity contribution in [1.29, 1.82) is 0 Å². The Balaban J connectivity index is 1.36. The number of amides is 1. The summed E-state index contributed by atoms with van der Waals surface area (Å²) >= 11 is 0. The Morgan fingerprint density at radius 1 is 0.818 bits per heavy atom. The van der Waals surface area contributed by atoms with Crippen molar-refractivity contribution in [2.24, 2.45) is 0 Å². The smallest absolute Gasteiger partial charge is 0.269 e. The number of carbonyl (C=O) groups is 1. The first-order chi connectivity index (χ1) is 16.1. The van der Waals surface area contributed by atoms with Crippen LogP contribution in [-0.4, -0.2) is 51.9 Å². The lowest BCUT2D eigenvalue weighted by Gasteiger charge is -2.35. The monoisotopic (exact) mass is 439 g/mol. The molecule has 1 aromatic heterocycles. The summed E-state index contributed by atoms with van der Waals surface area (Å²) in [7, 11) is 0. The van der Waals surface area contributed by atoms with Gasteiger partial charge in [-0.1, -0.05) is 48.5 Å². The van der Waals surface area contributed by atoms with Gasteiger partial charge in [-0.2, -0.15) is 0 Å². The molecule has 1 aliphatic heterocycles. The van der Waals surface area contributed by atoms with Crippen LogP contribution >= 0.6 is 0 Å². The molecule has 0 radical (unpaired) electrons. The molecule has 0 atom stereocenters. The van der Waals surface area contributed by atoms with E-state index in [0.29, 0.717) is 37.7 Å². The largest absolute Gasteiger partial charge is 0.337 e. The van der Waals surface area contributed by atoms with Gasteiger partial charge >= 0.3 is 0 Å². The maximum Gasteiger partial charge on any atom is 0.269 e. The predicted octanol–water partition coefficient (Wildman–Crippen LogP) is 4.17. The van der Waals surface area contributed by atoms with E-state index in [-0.39, 0.29) is 11.6 Å². The van der Waals surface area contributed by atoms with Crippen molar-refractivity contribution in [2.45, 2.75) is 0 Å². The van der Waals surface area contributed by atoms with Crippen molar-refractivity contribution in [3.8, 4) is 11.3 Å². The van der Waals surface area contributed by atoms with Crippen molar-refractivity contribution < 1.29 is 9.72 Å². The minimum Gasteiger partial charge on any atom is -0.337 e. The number of non-ortho nitro benzene ring substituents is 1. The summed E-state index contributed by atoms with van der Waals surface area (Å²) in [6.45, 7) is 2.25. The number of fused-ring (bicyclic) bond motifs is 1. The Morgan fingerprint density at radius 2 is 1.48 bits per heavy atom. The molecular formula is C25H21N5O3. The van der Waals surface area contributed by atoms with Crippen LogP contribution in [0.5, 0.6) is 0 Å². The van der Waals surface area contributed by atoms with Gasteiger partial charge in [-0.25, -0.2) is 9.97 Å². The molecule has 0 unspecified atom stereocenters. The third-order valence-electron chi connectivity index (χ3n) is 5.81. The van der Waals surface area contributed by atoms with Crippen molar-refractivity contribution in [3.05, 3.63) is 94.5 Å². The summed E-state index contributed by atoms with van der Waals surface area (Å²) in [4.78, 5) is 36.8. The van der Waals surface area contributed by atoms with Crippen molar-refractivity contribution in [1.82, 2.24) is 14.9 Å². The molecular weight excluding hydrogens is 418 g/mol. The van der Waals surface area contributed by atoms with E-state index in [1.807, 2.05) is 54.6 Å². The van der Waals surface area contributed by atoms with Gasteiger partial charge < -0.3 is 9.80 Å². The van der Waals surface area contributed by atoms with E-state index in [4.69, 9.17) is 9.97 Å². The Hall–Kier alpha value is -4.33. The fourth-order valence-electron chi connectivity index (χ4n) is 4.04. The zero-order valence-corrected chi connectivity index (χ0v) is 17.8. The van der Waals surface area contributed by atoms with Crippen LogP contribution in [0.3, 0.4) is 0 Å². The summed E-state index contributed by atoms with van der Waals surface area (Å²) in [5.41, 5.74) is 3.22. The summed E-state index contributed by atoms with van der Waals surface area (Å²) in [6, 6.07) is 23.8. The normalized spacial score (nSPS) is 13.8. The van der Waals surface area contributed by atoms with Gasteiger partial charge in [0.15, 0.2) is 0 Å². The van der Waals surface area contributed by atoms with Crippen LogP contribution in [0.15, 0.2) is 78.9 Å². The highest BCUT2D eigenvalue weighted by Gasteiger charge is 2.25. The van der Waals surface area contributed by atoms with Crippen LogP contribution in [0, 0.1) is 10.1 Å². The number of nitrogens with zero attached hydrogens (tertiary/aromatic N) is 5. The molecule has 8 nitrogen and oxygen atoms in total. The van der Waals surface area contributed by atoms with Gasteiger partial charge in [-0.3, -0.25) is 14.9 Å². The van der Waals surface area contributed by atoms with Gasteiger partial charge in [0.05, 0.1) is 16.1 Å². The fraction of sp³-hybridized carbons (Fsp3) is 0.160. The number of hydrogen-bond donors (Lipinski definition) is 0.